The zero-order valence-corrected chi connectivity index (χ0v) is 13.3. The van der Waals surface area contributed by atoms with Crippen LogP contribution < -0.4 is 0 Å². The first-order valence-corrected chi connectivity index (χ1v) is 9.83. The molecule has 0 amide bonds. The van der Waals surface area contributed by atoms with Crippen molar-refractivity contribution in [1.29, 1.82) is 0 Å². The van der Waals surface area contributed by atoms with E-state index in [1.54, 1.807) is 7.11 Å². The van der Waals surface area contributed by atoms with Gasteiger partial charge in [0.05, 0.1) is 6.61 Å². The molecule has 0 saturated heterocycles. The summed E-state index contributed by atoms with van der Waals surface area (Å²) in [7, 11) is 7.40. The molecule has 2 nitrogen and oxygen atoms in total. The van der Waals surface area contributed by atoms with E-state index >= 15 is 0 Å². The lowest BCUT2D eigenvalue weighted by Gasteiger charge is -1.99. The Morgan fingerprint density at radius 3 is 2.47 bits per heavy atom. The summed E-state index contributed by atoms with van der Waals surface area (Å²) in [6.45, 7) is 1.16. The topological polar surface area (TPSA) is 18.5 Å². The summed E-state index contributed by atoms with van der Waals surface area (Å²) in [4.78, 5) is 0. The van der Waals surface area contributed by atoms with Gasteiger partial charge in [0, 0.05) is 7.11 Å². The lowest BCUT2D eigenvalue weighted by atomic mass is 10.1. The van der Waals surface area contributed by atoms with E-state index in [-0.39, 0.29) is 19.3 Å². The van der Waals surface area contributed by atoms with Gasteiger partial charge in [0.1, 0.15) is 6.79 Å². The van der Waals surface area contributed by atoms with Gasteiger partial charge >= 0.3 is 19.3 Å². The molecule has 0 bridgehead atoms. The van der Waals surface area contributed by atoms with E-state index < -0.39 is 0 Å². The number of allylic oxidation sites excluding steroid dienone is 1. The predicted octanol–water partition coefficient (Wildman–Crippen LogP) is 4.17. The molecule has 0 radical (unpaired) electrons. The van der Waals surface area contributed by atoms with Crippen LogP contribution in [0.25, 0.3) is 0 Å². The third-order valence-electron chi connectivity index (χ3n) is 2.55. The van der Waals surface area contributed by atoms with E-state index in [9.17, 15) is 0 Å². The molecule has 0 saturated carbocycles. The van der Waals surface area contributed by atoms with Crippen LogP contribution in [0.5, 0.6) is 0 Å². The predicted molar refractivity (Wildman–Crippen MR) is 75.7 cm³/mol. The lowest BCUT2D eigenvalue weighted by molar-refractivity contribution is -0.0285. The highest BCUT2D eigenvalue weighted by Crippen LogP contribution is 2.08. The molecule has 0 N–H and O–H groups in total. The third-order valence-corrected chi connectivity index (χ3v) is 4.12. The second-order valence-corrected chi connectivity index (χ2v) is 6.39. The van der Waals surface area contributed by atoms with Crippen LogP contribution in [-0.4, -0.2) is 39.8 Å². The largest absolute Gasteiger partial charge is 0.501 e. The Kier molecular flexibility index (Phi) is 17.4. The number of halogens is 1. The Labute approximate surface area is 120 Å². The smallest absolute Gasteiger partial charge is 0.359 e. The van der Waals surface area contributed by atoms with Crippen molar-refractivity contribution >= 4 is 28.3 Å². The fourth-order valence-corrected chi connectivity index (χ4v) is 2.70. The number of hydrogen-bond acceptors (Lipinski definition) is 2. The third kappa shape index (κ3) is 16.7. The highest BCUT2D eigenvalue weighted by molar-refractivity contribution is 6.93. The quantitative estimate of drug-likeness (QED) is 0.217. The minimum Gasteiger partial charge on any atom is -0.359 e. The van der Waals surface area contributed by atoms with Crippen molar-refractivity contribution in [2.45, 2.75) is 49.5 Å². The first-order chi connectivity index (χ1) is 8.41. The first kappa shape index (κ1) is 17.7. The summed E-state index contributed by atoms with van der Waals surface area (Å²) in [5, 5.41) is 0. The van der Waals surface area contributed by atoms with Crippen LogP contribution in [0.4, 0.5) is 0 Å². The number of hydrogen-bond donors (Lipinski definition) is 0. The standard InChI is InChI=1S/C13H25O2.ClH.Mg/c1-3-4-5-6-7-8-9-10-11-12-15-13-14-2;;/h9-10H,1,3-8,11-13H2,2H3;1H;/q;;+1/p-1/b10-9-;;. The van der Waals surface area contributed by atoms with Gasteiger partial charge in [-0.3, -0.25) is 0 Å². The maximum Gasteiger partial charge on any atom is 0.501 e. The van der Waals surface area contributed by atoms with Crippen molar-refractivity contribution in [3.05, 3.63) is 12.2 Å². The Bertz CT molecular complexity index is 165. The molecule has 0 aliphatic heterocycles. The van der Waals surface area contributed by atoms with Crippen LogP contribution in [0.15, 0.2) is 12.2 Å². The van der Waals surface area contributed by atoms with Gasteiger partial charge in [0.2, 0.25) is 0 Å². The molecule has 4 heteroatoms. The lowest BCUT2D eigenvalue weighted by Crippen LogP contribution is -1.96. The first-order valence-electron chi connectivity index (χ1n) is 6.69. The molecule has 0 fully saturated rings. The molecule has 0 spiro atoms. The van der Waals surface area contributed by atoms with Crippen molar-refractivity contribution in [2.24, 2.45) is 0 Å². The van der Waals surface area contributed by atoms with E-state index in [1.807, 2.05) is 0 Å². The Morgan fingerprint density at radius 2 is 1.71 bits per heavy atom. The van der Waals surface area contributed by atoms with Gasteiger partial charge in [0.15, 0.2) is 0 Å². The summed E-state index contributed by atoms with van der Waals surface area (Å²) in [5.41, 5.74) is 0. The minimum atomic E-state index is -0.206. The Balaban J connectivity index is 2.99. The Morgan fingerprint density at radius 1 is 1.00 bits per heavy atom. The van der Waals surface area contributed by atoms with Gasteiger partial charge in [-0.2, -0.15) is 0 Å². The summed E-state index contributed by atoms with van der Waals surface area (Å²) in [5.74, 6) is 0. The van der Waals surface area contributed by atoms with Crippen LogP contribution in [-0.2, 0) is 9.47 Å². The minimum absolute atomic E-state index is 0.206. The molecular weight excluding hydrogens is 248 g/mol. The molecule has 0 heterocycles. The van der Waals surface area contributed by atoms with Gasteiger partial charge in [-0.1, -0.05) is 37.8 Å². The van der Waals surface area contributed by atoms with Crippen LogP contribution in [0.1, 0.15) is 44.9 Å². The van der Waals surface area contributed by atoms with Crippen LogP contribution >= 0.6 is 9.07 Å². The van der Waals surface area contributed by atoms with E-state index in [0.717, 1.165) is 13.0 Å². The van der Waals surface area contributed by atoms with E-state index in [0.29, 0.717) is 6.79 Å². The number of rotatable bonds is 13. The van der Waals surface area contributed by atoms with Crippen LogP contribution in [0, 0.1) is 0 Å². The van der Waals surface area contributed by atoms with Gasteiger partial charge in [0.25, 0.3) is 0 Å². The summed E-state index contributed by atoms with van der Waals surface area (Å²) < 4.78 is 11.3. The molecular formula is C13H25ClMgO2. The SMILES string of the molecule is COCOCC/C=C\CCCCCC[CH2][Mg][Cl]. The van der Waals surface area contributed by atoms with Gasteiger partial charge in [-0.25, -0.2) is 0 Å². The zero-order chi connectivity index (χ0) is 12.6. The molecule has 0 aromatic rings. The average molecular weight is 273 g/mol. The maximum atomic E-state index is 5.76. The number of unbranched alkanes of at least 4 members (excludes halogenated alkanes) is 5. The molecule has 0 rings (SSSR count). The normalized spacial score (nSPS) is 10.9. The van der Waals surface area contributed by atoms with Gasteiger partial charge in [-0.15, -0.1) is 4.55 Å². The fraction of sp³-hybridized carbons (Fsp3) is 0.846. The van der Waals surface area contributed by atoms with Crippen molar-refractivity contribution in [1.82, 2.24) is 0 Å². The fourth-order valence-electron chi connectivity index (χ4n) is 1.59. The van der Waals surface area contributed by atoms with E-state index in [1.165, 1.54) is 43.1 Å². The van der Waals surface area contributed by atoms with Crippen LogP contribution in [0.3, 0.4) is 0 Å². The highest BCUT2D eigenvalue weighted by atomic mass is 35.5. The molecule has 17 heavy (non-hydrogen) atoms. The molecule has 0 unspecified atom stereocenters. The summed E-state index contributed by atoms with van der Waals surface area (Å²) in [6.07, 6.45) is 13.4. The molecule has 0 aliphatic rings. The van der Waals surface area contributed by atoms with Crippen LogP contribution in [0.2, 0.25) is 4.55 Å². The zero-order valence-electron chi connectivity index (χ0n) is 11.1. The number of ether oxygens (including phenoxy) is 2. The average Bonchev–Trinajstić information content (AvgIpc) is 2.35. The van der Waals surface area contributed by atoms with E-state index in [4.69, 9.17) is 18.5 Å². The number of methoxy groups -OCH3 is 1. The van der Waals surface area contributed by atoms with Crippen molar-refractivity contribution in [3.63, 3.8) is 0 Å². The molecule has 0 aromatic heterocycles. The van der Waals surface area contributed by atoms with Crippen molar-refractivity contribution < 1.29 is 9.47 Å². The second kappa shape index (κ2) is 16.7. The Hall–Kier alpha value is 0.716. The molecule has 0 aliphatic carbocycles. The molecule has 98 valence electrons. The van der Waals surface area contributed by atoms with Gasteiger partial charge in [-0.05, 0) is 19.3 Å². The summed E-state index contributed by atoms with van der Waals surface area (Å²) in [6, 6.07) is 0. The highest BCUT2D eigenvalue weighted by Gasteiger charge is 1.92. The van der Waals surface area contributed by atoms with Crippen molar-refractivity contribution in [2.75, 3.05) is 20.5 Å². The van der Waals surface area contributed by atoms with Crippen molar-refractivity contribution in [3.8, 4) is 0 Å². The molecule has 0 aromatic carbocycles. The summed E-state index contributed by atoms with van der Waals surface area (Å²) >= 11 is -0.206. The second-order valence-electron chi connectivity index (χ2n) is 4.17. The molecule has 0 atom stereocenters. The maximum absolute atomic E-state index is 5.76. The van der Waals surface area contributed by atoms with Gasteiger partial charge < -0.3 is 18.5 Å². The van der Waals surface area contributed by atoms with E-state index in [2.05, 4.69) is 12.2 Å². The monoisotopic (exact) mass is 272 g/mol.